The minimum Gasteiger partial charge on any atom is -0.454 e. The summed E-state index contributed by atoms with van der Waals surface area (Å²) in [5.74, 6) is 0.825. The topological polar surface area (TPSA) is 47.9 Å². The van der Waals surface area contributed by atoms with Gasteiger partial charge in [-0.3, -0.25) is 0 Å². The fourth-order valence-corrected chi connectivity index (χ4v) is 4.95. The lowest BCUT2D eigenvalue weighted by molar-refractivity contribution is -0.218. The maximum Gasteiger partial charge on any atom is 0.231 e. The van der Waals surface area contributed by atoms with Crippen molar-refractivity contribution >= 4 is 0 Å². The quantitative estimate of drug-likeness (QED) is 0.480. The van der Waals surface area contributed by atoms with Crippen LogP contribution in [0.15, 0.2) is 78.9 Å². The zero-order chi connectivity index (χ0) is 21.8. The van der Waals surface area contributed by atoms with Crippen LogP contribution in [0, 0.1) is 5.92 Å². The van der Waals surface area contributed by atoms with Crippen molar-refractivity contribution in [1.82, 2.24) is 0 Å². The summed E-state index contributed by atoms with van der Waals surface area (Å²) in [6.07, 6.45) is 6.41. The molecule has 32 heavy (non-hydrogen) atoms. The van der Waals surface area contributed by atoms with Gasteiger partial charge in [0.1, 0.15) is 0 Å². The smallest absolute Gasteiger partial charge is 0.231 e. The summed E-state index contributed by atoms with van der Waals surface area (Å²) >= 11 is 0. The molecule has 1 aliphatic carbocycles. The van der Waals surface area contributed by atoms with E-state index >= 15 is 0 Å². The van der Waals surface area contributed by atoms with Gasteiger partial charge in [-0.1, -0.05) is 79.6 Å². The summed E-state index contributed by atoms with van der Waals surface area (Å²) in [7, 11) is 0. The van der Waals surface area contributed by atoms with Gasteiger partial charge in [0.05, 0.1) is 6.10 Å². The van der Waals surface area contributed by atoms with Gasteiger partial charge in [-0.2, -0.15) is 0 Å². The van der Waals surface area contributed by atoms with Crippen molar-refractivity contribution in [1.29, 1.82) is 0 Å². The highest BCUT2D eigenvalue weighted by Crippen LogP contribution is 2.38. The second kappa shape index (κ2) is 9.35. The highest BCUT2D eigenvalue weighted by Gasteiger charge is 2.37. The number of aryl methyl sites for hydroxylation is 1. The number of benzene rings is 3. The van der Waals surface area contributed by atoms with Crippen LogP contribution in [0.5, 0.6) is 11.5 Å². The van der Waals surface area contributed by atoms with Gasteiger partial charge in [0.25, 0.3) is 0 Å². The molecule has 166 valence electrons. The normalized spacial score (nSPS) is 20.3. The molecule has 1 aliphatic heterocycles. The van der Waals surface area contributed by atoms with E-state index in [4.69, 9.17) is 14.2 Å². The Hall–Kier alpha value is -2.82. The maximum atomic E-state index is 11.7. The number of rotatable bonds is 7. The highest BCUT2D eigenvalue weighted by atomic mass is 16.7. The third-order valence-electron chi connectivity index (χ3n) is 6.68. The maximum absolute atomic E-state index is 11.7. The van der Waals surface area contributed by atoms with Gasteiger partial charge in [0, 0.05) is 11.1 Å². The van der Waals surface area contributed by atoms with Crippen LogP contribution >= 0.6 is 0 Å². The molecule has 1 heterocycles. The summed E-state index contributed by atoms with van der Waals surface area (Å²) in [4.78, 5) is 0. The predicted molar refractivity (Wildman–Crippen MR) is 124 cm³/mol. The Bertz CT molecular complexity index is 979. The first-order valence-corrected chi connectivity index (χ1v) is 11.6. The standard InChI is InChI=1S/C28H30O4/c29-28(23-9-3-1-4-10-23,24-11-5-2-6-12-24)32-25-13-7-8-21(18-25)14-15-22-16-17-26-27(19-22)31-20-30-26/h1-6,9-12,16-17,19,21,25,29H,7-8,13-15,18,20H2. The van der Waals surface area contributed by atoms with E-state index in [0.29, 0.717) is 12.7 Å². The van der Waals surface area contributed by atoms with Gasteiger partial charge in [-0.25, -0.2) is 0 Å². The minimum atomic E-state index is -1.44. The third-order valence-corrected chi connectivity index (χ3v) is 6.68. The molecule has 2 atom stereocenters. The molecule has 0 spiro atoms. The zero-order valence-corrected chi connectivity index (χ0v) is 18.3. The summed E-state index contributed by atoms with van der Waals surface area (Å²) in [5, 5.41) is 11.7. The number of hydrogen-bond donors (Lipinski definition) is 1. The van der Waals surface area contributed by atoms with E-state index in [1.54, 1.807) is 0 Å². The molecule has 0 amide bonds. The van der Waals surface area contributed by atoms with E-state index in [0.717, 1.165) is 54.7 Å². The zero-order valence-electron chi connectivity index (χ0n) is 18.3. The largest absolute Gasteiger partial charge is 0.454 e. The van der Waals surface area contributed by atoms with Crippen molar-refractivity contribution in [3.05, 3.63) is 95.6 Å². The molecule has 5 rings (SSSR count). The van der Waals surface area contributed by atoms with Crippen LogP contribution in [-0.4, -0.2) is 18.0 Å². The van der Waals surface area contributed by atoms with E-state index in [9.17, 15) is 5.11 Å². The molecule has 3 aromatic carbocycles. The molecule has 3 aromatic rings. The van der Waals surface area contributed by atoms with Crippen molar-refractivity contribution in [2.45, 2.75) is 50.4 Å². The molecule has 1 N–H and O–H groups in total. The Labute approximate surface area is 189 Å². The summed E-state index contributed by atoms with van der Waals surface area (Å²) in [6, 6.07) is 25.7. The number of hydrogen-bond acceptors (Lipinski definition) is 4. The monoisotopic (exact) mass is 430 g/mol. The Balaban J connectivity index is 1.27. The van der Waals surface area contributed by atoms with E-state index in [2.05, 4.69) is 12.1 Å². The lowest BCUT2D eigenvalue weighted by Gasteiger charge is -2.37. The molecule has 0 radical (unpaired) electrons. The highest BCUT2D eigenvalue weighted by molar-refractivity contribution is 5.44. The molecular weight excluding hydrogens is 400 g/mol. The van der Waals surface area contributed by atoms with Crippen LogP contribution in [0.4, 0.5) is 0 Å². The van der Waals surface area contributed by atoms with Crippen molar-refractivity contribution < 1.29 is 19.3 Å². The van der Waals surface area contributed by atoms with E-state index in [1.165, 1.54) is 12.0 Å². The molecule has 4 heteroatoms. The van der Waals surface area contributed by atoms with Gasteiger partial charge in [0.15, 0.2) is 11.5 Å². The molecule has 1 fully saturated rings. The molecule has 2 aliphatic rings. The van der Waals surface area contributed by atoms with Gasteiger partial charge in [-0.05, 0) is 49.3 Å². The van der Waals surface area contributed by atoms with Crippen LogP contribution in [0.3, 0.4) is 0 Å². The van der Waals surface area contributed by atoms with Crippen molar-refractivity contribution in [3.63, 3.8) is 0 Å². The fraction of sp³-hybridized carbons (Fsp3) is 0.357. The number of ether oxygens (including phenoxy) is 3. The Kier molecular flexibility index (Phi) is 6.15. The van der Waals surface area contributed by atoms with Crippen molar-refractivity contribution in [3.8, 4) is 11.5 Å². The summed E-state index contributed by atoms with van der Waals surface area (Å²) in [6.45, 7) is 0.312. The fourth-order valence-electron chi connectivity index (χ4n) is 4.95. The Morgan fingerprint density at radius 1 is 0.844 bits per heavy atom. The van der Waals surface area contributed by atoms with Crippen LogP contribution in [0.1, 0.15) is 48.8 Å². The van der Waals surface area contributed by atoms with Gasteiger partial charge in [-0.15, -0.1) is 0 Å². The average Bonchev–Trinajstić information content (AvgIpc) is 3.32. The first-order chi connectivity index (χ1) is 15.7. The Morgan fingerprint density at radius 3 is 2.25 bits per heavy atom. The van der Waals surface area contributed by atoms with Gasteiger partial charge < -0.3 is 19.3 Å². The molecule has 2 unspecified atom stereocenters. The molecular formula is C28H30O4. The van der Waals surface area contributed by atoms with E-state index in [1.807, 2.05) is 66.7 Å². The van der Waals surface area contributed by atoms with E-state index < -0.39 is 5.79 Å². The SMILES string of the molecule is OC(OC1CCCC(CCc2ccc3c(c2)OCO3)C1)(c1ccccc1)c1ccccc1. The number of aliphatic hydroxyl groups is 1. The lowest BCUT2D eigenvalue weighted by atomic mass is 9.83. The third kappa shape index (κ3) is 4.52. The molecule has 1 saturated carbocycles. The second-order valence-corrected chi connectivity index (χ2v) is 8.87. The van der Waals surface area contributed by atoms with Crippen LogP contribution in [0.25, 0.3) is 0 Å². The number of fused-ring (bicyclic) bond motifs is 1. The summed E-state index contributed by atoms with van der Waals surface area (Å²) < 4.78 is 17.4. The molecule has 0 bridgehead atoms. The van der Waals surface area contributed by atoms with Crippen molar-refractivity contribution in [2.24, 2.45) is 5.92 Å². The minimum absolute atomic E-state index is 0.0240. The molecule has 0 saturated heterocycles. The summed E-state index contributed by atoms with van der Waals surface area (Å²) in [5.41, 5.74) is 2.82. The predicted octanol–water partition coefficient (Wildman–Crippen LogP) is 5.82. The van der Waals surface area contributed by atoms with Crippen LogP contribution in [-0.2, 0) is 16.9 Å². The Morgan fingerprint density at radius 2 is 1.53 bits per heavy atom. The average molecular weight is 431 g/mol. The van der Waals surface area contributed by atoms with Crippen LogP contribution in [0.2, 0.25) is 0 Å². The van der Waals surface area contributed by atoms with Gasteiger partial charge in [0.2, 0.25) is 12.6 Å². The molecule has 4 nitrogen and oxygen atoms in total. The van der Waals surface area contributed by atoms with Crippen molar-refractivity contribution in [2.75, 3.05) is 6.79 Å². The van der Waals surface area contributed by atoms with Crippen LogP contribution < -0.4 is 9.47 Å². The first-order valence-electron chi connectivity index (χ1n) is 11.6. The molecule has 0 aromatic heterocycles. The lowest BCUT2D eigenvalue weighted by Crippen LogP contribution is -2.37. The van der Waals surface area contributed by atoms with Gasteiger partial charge >= 0.3 is 0 Å². The van der Waals surface area contributed by atoms with E-state index in [-0.39, 0.29) is 6.10 Å². The second-order valence-electron chi connectivity index (χ2n) is 8.87. The first kappa shape index (κ1) is 21.0.